The van der Waals surface area contributed by atoms with E-state index in [1.54, 1.807) is 30.7 Å². The Morgan fingerprint density at radius 2 is 1.73 bits per heavy atom. The van der Waals surface area contributed by atoms with Gasteiger partial charge >= 0.3 is 0 Å². The molecule has 15 heavy (non-hydrogen) atoms. The Labute approximate surface area is 88.5 Å². The molecule has 0 aliphatic rings. The summed E-state index contributed by atoms with van der Waals surface area (Å²) in [5.74, 6) is 0. The summed E-state index contributed by atoms with van der Waals surface area (Å²) in [7, 11) is 0. The monoisotopic (exact) mass is 200 g/mol. The van der Waals surface area contributed by atoms with Crippen molar-refractivity contribution in [3.8, 4) is 0 Å². The molecule has 1 heterocycles. The van der Waals surface area contributed by atoms with E-state index < -0.39 is 0 Å². The summed E-state index contributed by atoms with van der Waals surface area (Å²) in [6.45, 7) is 0. The summed E-state index contributed by atoms with van der Waals surface area (Å²) in [4.78, 5) is 17.3. The maximum absolute atomic E-state index is 10.6. The summed E-state index contributed by atoms with van der Waals surface area (Å²) in [6, 6.07) is 12.8. The highest BCUT2D eigenvalue weighted by molar-refractivity contribution is 5.70. The predicted octanol–water partition coefficient (Wildman–Crippen LogP) is 2.47. The van der Waals surface area contributed by atoms with Crippen molar-refractivity contribution in [3.05, 3.63) is 66.7 Å². The average Bonchev–Trinajstić information content (AvgIpc) is 2.29. The van der Waals surface area contributed by atoms with Gasteiger partial charge in [0.1, 0.15) is 0 Å². The van der Waals surface area contributed by atoms with Gasteiger partial charge in [-0.05, 0) is 12.1 Å². The molecule has 76 valence electrons. The van der Waals surface area contributed by atoms with Crippen LogP contribution in [0.2, 0.25) is 0 Å². The molecule has 3 heteroatoms. The third kappa shape index (κ3) is 5.21. The predicted molar refractivity (Wildman–Crippen MR) is 59.2 cm³/mol. The van der Waals surface area contributed by atoms with E-state index in [0.717, 1.165) is 6.29 Å². The molecule has 1 N–H and O–H groups in total. The van der Waals surface area contributed by atoms with Crippen molar-refractivity contribution in [2.24, 2.45) is 0 Å². The zero-order chi connectivity index (χ0) is 10.8. The Morgan fingerprint density at radius 1 is 1.00 bits per heavy atom. The molecule has 1 aromatic heterocycles. The molecule has 0 unspecified atom stereocenters. The van der Waals surface area contributed by atoms with Crippen molar-refractivity contribution in [3.63, 3.8) is 0 Å². The molecule has 0 aliphatic carbocycles. The highest BCUT2D eigenvalue weighted by Gasteiger charge is 1.77. The van der Waals surface area contributed by atoms with Gasteiger partial charge in [-0.3, -0.25) is 9.78 Å². The number of aromatic nitrogens is 2. The number of nitrogens with zero attached hydrogens (tertiary/aromatic N) is 1. The number of carbonyl (C=O) groups excluding carboxylic acids is 1. The smallest absolute Gasteiger partial charge is 0.166 e. The standard InChI is InChI=1S/C12H12N2O/c15-11-12-7-5-3-1-2-4-6-8-13-9-10-14-12/h1-11,14H. The molecule has 0 amide bonds. The first kappa shape index (κ1) is 10.9. The topological polar surface area (TPSA) is 45.8 Å². The Kier molecular flexibility index (Phi) is 5.29. The Hall–Kier alpha value is -2.16. The zero-order valence-electron chi connectivity index (χ0n) is 8.21. The molecule has 1 rings (SSSR count). The fraction of sp³-hybridized carbons (Fsp3) is 0. The van der Waals surface area contributed by atoms with Gasteiger partial charge in [0.15, 0.2) is 6.29 Å². The molecule has 0 aromatic carbocycles. The van der Waals surface area contributed by atoms with E-state index in [1.165, 1.54) is 0 Å². The van der Waals surface area contributed by atoms with E-state index in [9.17, 15) is 4.79 Å². The second kappa shape index (κ2) is 7.26. The number of H-pyrrole nitrogens is 1. The van der Waals surface area contributed by atoms with Gasteiger partial charge in [-0.1, -0.05) is 30.3 Å². The van der Waals surface area contributed by atoms with Crippen molar-refractivity contribution < 1.29 is 4.79 Å². The maximum atomic E-state index is 10.6. The minimum atomic E-state index is 0.485. The van der Waals surface area contributed by atoms with Gasteiger partial charge in [0.2, 0.25) is 0 Å². The number of aromatic amines is 1. The summed E-state index contributed by atoms with van der Waals surface area (Å²) in [6.07, 6.45) is 5.59. The van der Waals surface area contributed by atoms with Crippen LogP contribution < -0.4 is 0 Å². The van der Waals surface area contributed by atoms with E-state index >= 15 is 0 Å². The Bertz CT molecular complexity index is 375. The fourth-order valence-electron chi connectivity index (χ4n) is 0.863. The Morgan fingerprint density at radius 3 is 2.53 bits per heavy atom. The van der Waals surface area contributed by atoms with Gasteiger partial charge < -0.3 is 4.98 Å². The van der Waals surface area contributed by atoms with Crippen LogP contribution in [0, 0.1) is 0 Å². The van der Waals surface area contributed by atoms with Gasteiger partial charge in [0, 0.05) is 18.6 Å². The van der Waals surface area contributed by atoms with Crippen molar-refractivity contribution in [2.75, 3.05) is 0 Å². The molecular formula is C12H12N2O. The number of hydrogen-bond acceptors (Lipinski definition) is 2. The van der Waals surface area contributed by atoms with Gasteiger partial charge in [-0.25, -0.2) is 0 Å². The van der Waals surface area contributed by atoms with Crippen LogP contribution in [0.15, 0.2) is 61.1 Å². The lowest BCUT2D eigenvalue weighted by Crippen LogP contribution is -1.78. The number of hydrogen-bond donors (Lipinski definition) is 1. The van der Waals surface area contributed by atoms with Crippen molar-refractivity contribution in [1.82, 2.24) is 9.97 Å². The SMILES string of the molecule is O=Cc1ccccccccncc[nH]1. The third-order valence-corrected chi connectivity index (χ3v) is 1.54. The van der Waals surface area contributed by atoms with E-state index in [2.05, 4.69) is 9.97 Å². The molecule has 0 aliphatic heterocycles. The summed E-state index contributed by atoms with van der Waals surface area (Å²) >= 11 is 0. The first-order valence-electron chi connectivity index (χ1n) is 4.53. The molecule has 0 fully saturated rings. The van der Waals surface area contributed by atoms with E-state index in [1.807, 2.05) is 30.3 Å². The van der Waals surface area contributed by atoms with Gasteiger partial charge in [-0.15, -0.1) is 0 Å². The molecule has 0 saturated carbocycles. The van der Waals surface area contributed by atoms with Gasteiger partial charge in [0.05, 0.1) is 5.69 Å². The molecule has 1 aromatic rings. The van der Waals surface area contributed by atoms with Crippen LogP contribution in [-0.2, 0) is 0 Å². The van der Waals surface area contributed by atoms with Crippen molar-refractivity contribution >= 4 is 6.29 Å². The maximum Gasteiger partial charge on any atom is 0.166 e. The second-order valence-corrected chi connectivity index (χ2v) is 2.65. The van der Waals surface area contributed by atoms with Crippen molar-refractivity contribution in [1.29, 1.82) is 0 Å². The van der Waals surface area contributed by atoms with Gasteiger partial charge in [0.25, 0.3) is 0 Å². The fourth-order valence-corrected chi connectivity index (χ4v) is 0.863. The largest absolute Gasteiger partial charge is 0.358 e. The molecule has 0 radical (unpaired) electrons. The molecule has 0 atom stereocenters. The highest BCUT2D eigenvalue weighted by Crippen LogP contribution is 1.83. The van der Waals surface area contributed by atoms with E-state index in [4.69, 9.17) is 0 Å². The number of rotatable bonds is 1. The Balaban J connectivity index is 3.19. The second-order valence-electron chi connectivity index (χ2n) is 2.65. The first-order valence-corrected chi connectivity index (χ1v) is 4.53. The third-order valence-electron chi connectivity index (χ3n) is 1.54. The van der Waals surface area contributed by atoms with Crippen LogP contribution in [0.4, 0.5) is 0 Å². The quantitative estimate of drug-likeness (QED) is 0.708. The average molecular weight is 200 g/mol. The lowest BCUT2D eigenvalue weighted by atomic mass is 10.4. The number of aldehydes is 1. The molecule has 0 saturated heterocycles. The van der Waals surface area contributed by atoms with Crippen LogP contribution in [0.3, 0.4) is 0 Å². The summed E-state index contributed by atoms with van der Waals surface area (Å²) < 4.78 is 0. The number of nitrogens with one attached hydrogen (secondary N) is 1. The minimum absolute atomic E-state index is 0.485. The summed E-state index contributed by atoms with van der Waals surface area (Å²) in [5, 5.41) is 0. The minimum Gasteiger partial charge on any atom is -0.358 e. The number of carbonyl (C=O) groups is 1. The van der Waals surface area contributed by atoms with Crippen LogP contribution in [0.25, 0.3) is 0 Å². The first-order chi connectivity index (χ1) is 7.43. The van der Waals surface area contributed by atoms with Crippen LogP contribution >= 0.6 is 0 Å². The molecule has 0 spiro atoms. The highest BCUT2D eigenvalue weighted by atomic mass is 16.1. The zero-order valence-corrected chi connectivity index (χ0v) is 8.21. The van der Waals surface area contributed by atoms with Crippen molar-refractivity contribution in [2.45, 2.75) is 0 Å². The van der Waals surface area contributed by atoms with Crippen LogP contribution in [0.5, 0.6) is 0 Å². The van der Waals surface area contributed by atoms with Gasteiger partial charge in [-0.2, -0.15) is 0 Å². The lowest BCUT2D eigenvalue weighted by molar-refractivity contribution is 0.111. The summed E-state index contributed by atoms with van der Waals surface area (Å²) in [5.41, 5.74) is 0.485. The van der Waals surface area contributed by atoms with Crippen LogP contribution in [-0.4, -0.2) is 16.3 Å². The van der Waals surface area contributed by atoms with E-state index in [0.29, 0.717) is 5.69 Å². The lowest BCUT2D eigenvalue weighted by Gasteiger charge is -1.80. The molecule has 3 nitrogen and oxygen atoms in total. The van der Waals surface area contributed by atoms with Crippen LogP contribution in [0.1, 0.15) is 10.5 Å². The van der Waals surface area contributed by atoms with E-state index in [-0.39, 0.29) is 0 Å². The molecular weight excluding hydrogens is 188 g/mol. The molecule has 0 bridgehead atoms. The normalized spacial score (nSPS) is 8.27.